The minimum absolute atomic E-state index is 0.893. The van der Waals surface area contributed by atoms with E-state index in [2.05, 4.69) is 37.3 Å². The van der Waals surface area contributed by atoms with E-state index in [0.29, 0.717) is 0 Å². The minimum Gasteiger partial charge on any atom is -0.0675 e. The molecular formula is C11H16Si. The Hall–Kier alpha value is -0.563. The average molecular weight is 176 g/mol. The van der Waals surface area contributed by atoms with Crippen molar-refractivity contribution in [3.63, 3.8) is 0 Å². The first-order valence-electron chi connectivity index (χ1n) is 4.93. The largest absolute Gasteiger partial charge is 0.0864 e. The molecule has 0 radical (unpaired) electrons. The molecule has 1 aromatic carbocycles. The van der Waals surface area contributed by atoms with Gasteiger partial charge in [0.1, 0.15) is 0 Å². The van der Waals surface area contributed by atoms with Gasteiger partial charge in [-0.3, -0.25) is 0 Å². The zero-order chi connectivity index (χ0) is 8.44. The van der Waals surface area contributed by atoms with Gasteiger partial charge in [-0.15, -0.1) is 0 Å². The first-order valence-corrected chi connectivity index (χ1v) is 7.55. The van der Waals surface area contributed by atoms with Crippen molar-refractivity contribution in [3.8, 4) is 0 Å². The highest BCUT2D eigenvalue weighted by molar-refractivity contribution is 6.93. The second-order valence-corrected chi connectivity index (χ2v) is 8.70. The van der Waals surface area contributed by atoms with Gasteiger partial charge in [0, 0.05) is 0 Å². The van der Waals surface area contributed by atoms with Gasteiger partial charge < -0.3 is 0 Å². The van der Waals surface area contributed by atoms with Gasteiger partial charge in [0.25, 0.3) is 0 Å². The van der Waals surface area contributed by atoms with Gasteiger partial charge in [-0.05, 0) is 0 Å². The minimum atomic E-state index is -0.893. The van der Waals surface area contributed by atoms with Gasteiger partial charge in [0.2, 0.25) is 0 Å². The summed E-state index contributed by atoms with van der Waals surface area (Å²) in [6, 6.07) is 15.7. The van der Waals surface area contributed by atoms with Crippen molar-refractivity contribution in [1.29, 1.82) is 0 Å². The third-order valence-electron chi connectivity index (χ3n) is 3.37. The van der Waals surface area contributed by atoms with Crippen LogP contribution < -0.4 is 5.19 Å². The van der Waals surface area contributed by atoms with Crippen LogP contribution in [-0.2, 0) is 0 Å². The summed E-state index contributed by atoms with van der Waals surface area (Å²) in [5.41, 5.74) is 0. The molecule has 12 heavy (non-hydrogen) atoms. The SMILES string of the molecule is CC[Si]1(c2ccccc2)CCC1. The van der Waals surface area contributed by atoms with Crippen LogP contribution in [-0.4, -0.2) is 8.07 Å². The molecular weight excluding hydrogens is 160 g/mol. The van der Waals surface area contributed by atoms with Gasteiger partial charge >= 0.3 is 0 Å². The highest BCUT2D eigenvalue weighted by Gasteiger charge is 2.38. The number of hydrogen-bond donors (Lipinski definition) is 0. The maximum Gasteiger partial charge on any atom is 0.0864 e. The van der Waals surface area contributed by atoms with E-state index in [9.17, 15) is 0 Å². The lowest BCUT2D eigenvalue weighted by Gasteiger charge is -2.39. The van der Waals surface area contributed by atoms with Crippen LogP contribution in [0.1, 0.15) is 13.3 Å². The summed E-state index contributed by atoms with van der Waals surface area (Å²) in [6.45, 7) is 2.37. The van der Waals surface area contributed by atoms with Gasteiger partial charge in [-0.2, -0.15) is 0 Å². The number of benzene rings is 1. The van der Waals surface area contributed by atoms with Crippen LogP contribution >= 0.6 is 0 Å². The molecule has 0 unspecified atom stereocenters. The lowest BCUT2D eigenvalue weighted by Crippen LogP contribution is -2.52. The molecule has 1 fully saturated rings. The Balaban J connectivity index is 2.28. The summed E-state index contributed by atoms with van der Waals surface area (Å²) >= 11 is 0. The quantitative estimate of drug-likeness (QED) is 0.608. The molecule has 0 spiro atoms. The highest BCUT2D eigenvalue weighted by atomic mass is 28.3. The second kappa shape index (κ2) is 3.06. The van der Waals surface area contributed by atoms with Crippen molar-refractivity contribution in [2.24, 2.45) is 0 Å². The lowest BCUT2D eigenvalue weighted by molar-refractivity contribution is 0.896. The Kier molecular flexibility index (Phi) is 2.05. The summed E-state index contributed by atoms with van der Waals surface area (Å²) in [6.07, 6.45) is 1.48. The predicted octanol–water partition coefficient (Wildman–Crippen LogP) is 2.77. The Morgan fingerprint density at radius 3 is 2.25 bits per heavy atom. The third-order valence-corrected chi connectivity index (χ3v) is 8.91. The van der Waals surface area contributed by atoms with Crippen molar-refractivity contribution in [1.82, 2.24) is 0 Å². The van der Waals surface area contributed by atoms with E-state index < -0.39 is 8.07 Å². The van der Waals surface area contributed by atoms with Gasteiger partial charge in [-0.1, -0.05) is 67.0 Å². The molecule has 1 saturated heterocycles. The van der Waals surface area contributed by atoms with Crippen LogP contribution in [0.25, 0.3) is 0 Å². The molecule has 1 aromatic rings. The first kappa shape index (κ1) is 8.05. The van der Waals surface area contributed by atoms with Gasteiger partial charge in [0.15, 0.2) is 0 Å². The molecule has 0 bridgehead atoms. The molecule has 0 aromatic heterocycles. The summed E-state index contributed by atoms with van der Waals surface area (Å²) in [7, 11) is -0.893. The molecule has 0 N–H and O–H groups in total. The van der Waals surface area contributed by atoms with Gasteiger partial charge in [0.05, 0.1) is 8.07 Å². The second-order valence-electron chi connectivity index (χ2n) is 3.85. The molecule has 2 rings (SSSR count). The maximum atomic E-state index is 2.37. The Labute approximate surface area is 75.6 Å². The smallest absolute Gasteiger partial charge is 0.0675 e. The number of rotatable bonds is 2. The fraction of sp³-hybridized carbons (Fsp3) is 0.455. The Morgan fingerprint density at radius 2 is 1.83 bits per heavy atom. The normalized spacial score (nSPS) is 20.1. The zero-order valence-corrected chi connectivity index (χ0v) is 8.72. The van der Waals surface area contributed by atoms with Crippen molar-refractivity contribution < 1.29 is 0 Å². The van der Waals surface area contributed by atoms with E-state index in [1.165, 1.54) is 24.6 Å². The molecule has 1 heterocycles. The molecule has 0 aliphatic carbocycles. The zero-order valence-electron chi connectivity index (χ0n) is 7.72. The summed E-state index contributed by atoms with van der Waals surface area (Å²) < 4.78 is 0. The van der Waals surface area contributed by atoms with Crippen LogP contribution in [0.2, 0.25) is 18.1 Å². The van der Waals surface area contributed by atoms with Crippen LogP contribution in [0.15, 0.2) is 30.3 Å². The van der Waals surface area contributed by atoms with Crippen LogP contribution in [0.5, 0.6) is 0 Å². The van der Waals surface area contributed by atoms with Crippen molar-refractivity contribution in [3.05, 3.63) is 30.3 Å². The van der Waals surface area contributed by atoms with Crippen LogP contribution in [0.4, 0.5) is 0 Å². The molecule has 1 heteroatoms. The van der Waals surface area contributed by atoms with Crippen molar-refractivity contribution in [2.45, 2.75) is 31.5 Å². The van der Waals surface area contributed by atoms with Gasteiger partial charge in [-0.25, -0.2) is 0 Å². The first-order chi connectivity index (χ1) is 5.87. The molecule has 1 aliphatic rings. The van der Waals surface area contributed by atoms with Crippen molar-refractivity contribution >= 4 is 13.3 Å². The van der Waals surface area contributed by atoms with E-state index in [1.54, 1.807) is 5.19 Å². The average Bonchev–Trinajstić information content (AvgIpc) is 2.05. The van der Waals surface area contributed by atoms with Crippen molar-refractivity contribution in [2.75, 3.05) is 0 Å². The molecule has 0 amide bonds. The molecule has 0 nitrogen and oxygen atoms in total. The standard InChI is InChI=1S/C11H16Si/c1-2-12(9-6-10-12)11-7-4-3-5-8-11/h3-5,7-8H,2,6,9-10H2,1H3. The van der Waals surface area contributed by atoms with E-state index in [0.717, 1.165) is 0 Å². The van der Waals surface area contributed by atoms with E-state index in [1.807, 2.05) is 0 Å². The Morgan fingerprint density at radius 1 is 1.17 bits per heavy atom. The number of hydrogen-bond acceptors (Lipinski definition) is 0. The van der Waals surface area contributed by atoms with Crippen LogP contribution in [0.3, 0.4) is 0 Å². The topological polar surface area (TPSA) is 0 Å². The van der Waals surface area contributed by atoms with E-state index in [4.69, 9.17) is 0 Å². The summed E-state index contributed by atoms with van der Waals surface area (Å²) in [5, 5.41) is 1.69. The monoisotopic (exact) mass is 176 g/mol. The van der Waals surface area contributed by atoms with Crippen LogP contribution in [0, 0.1) is 0 Å². The molecule has 64 valence electrons. The maximum absolute atomic E-state index is 2.37. The van der Waals surface area contributed by atoms with E-state index in [-0.39, 0.29) is 0 Å². The molecule has 0 saturated carbocycles. The fourth-order valence-electron chi connectivity index (χ4n) is 2.24. The summed E-state index contributed by atoms with van der Waals surface area (Å²) in [5.74, 6) is 0. The molecule has 1 aliphatic heterocycles. The fourth-order valence-corrected chi connectivity index (χ4v) is 6.04. The molecule has 0 atom stereocenters. The highest BCUT2D eigenvalue weighted by Crippen LogP contribution is 2.34. The predicted molar refractivity (Wildman–Crippen MR) is 56.5 cm³/mol. The third kappa shape index (κ3) is 1.12. The summed E-state index contributed by atoms with van der Waals surface area (Å²) in [4.78, 5) is 0. The van der Waals surface area contributed by atoms with E-state index >= 15 is 0 Å². The lowest BCUT2D eigenvalue weighted by atomic mass is 10.4. The Bertz CT molecular complexity index is 243.